The fourth-order valence-corrected chi connectivity index (χ4v) is 3.76. The summed E-state index contributed by atoms with van der Waals surface area (Å²) in [5, 5.41) is 5.59. The van der Waals surface area contributed by atoms with Gasteiger partial charge in [0.1, 0.15) is 0 Å². The molecule has 7 heteroatoms. The van der Waals surface area contributed by atoms with Crippen molar-refractivity contribution in [2.45, 2.75) is 47.1 Å². The number of carbonyl (C=O) groups is 1. The van der Waals surface area contributed by atoms with Crippen molar-refractivity contribution in [1.29, 1.82) is 0 Å². The van der Waals surface area contributed by atoms with E-state index in [1.807, 2.05) is 24.0 Å². The molecule has 1 aliphatic rings. The molecule has 0 unspecified atom stereocenters. The van der Waals surface area contributed by atoms with Gasteiger partial charge in [0, 0.05) is 37.1 Å². The number of hydrazone groups is 1. The number of aromatic amines is 1. The number of nitrogens with zero attached hydrogens (tertiary/aromatic N) is 4. The Hall–Kier alpha value is -3.22. The third-order valence-electron chi connectivity index (χ3n) is 5.23. The first-order valence-electron chi connectivity index (χ1n) is 10.2. The molecule has 3 rings (SSSR count). The third kappa shape index (κ3) is 4.67. The van der Waals surface area contributed by atoms with Crippen molar-refractivity contribution in [3.05, 3.63) is 68.8 Å². The number of H-pyrrole nitrogens is 1. The van der Waals surface area contributed by atoms with Gasteiger partial charge in [-0.1, -0.05) is 38.1 Å². The van der Waals surface area contributed by atoms with Gasteiger partial charge in [-0.05, 0) is 43.7 Å². The van der Waals surface area contributed by atoms with Gasteiger partial charge in [-0.25, -0.2) is 9.99 Å². The second kappa shape index (κ2) is 9.07. The molecule has 30 heavy (non-hydrogen) atoms. The molecule has 2 aromatic rings. The summed E-state index contributed by atoms with van der Waals surface area (Å²) < 4.78 is 0. The van der Waals surface area contributed by atoms with Gasteiger partial charge < -0.3 is 4.90 Å². The molecule has 0 spiro atoms. The van der Waals surface area contributed by atoms with Crippen LogP contribution >= 0.6 is 0 Å². The number of amides is 1. The van der Waals surface area contributed by atoms with E-state index in [9.17, 15) is 9.59 Å². The monoisotopic (exact) mass is 407 g/mol. The van der Waals surface area contributed by atoms with Crippen molar-refractivity contribution < 1.29 is 4.79 Å². The van der Waals surface area contributed by atoms with E-state index in [0.717, 1.165) is 6.42 Å². The molecule has 2 heterocycles. The van der Waals surface area contributed by atoms with Crippen LogP contribution in [0.1, 0.15) is 44.0 Å². The highest BCUT2D eigenvalue weighted by atomic mass is 16.2. The quantitative estimate of drug-likeness (QED) is 0.452. The molecule has 0 fully saturated rings. The molecule has 7 nitrogen and oxygen atoms in total. The van der Waals surface area contributed by atoms with Crippen LogP contribution in [0.5, 0.6) is 0 Å². The number of anilines is 1. The topological polar surface area (TPSA) is 81.7 Å². The molecule has 0 atom stereocenters. The zero-order valence-corrected chi connectivity index (χ0v) is 18.1. The lowest BCUT2D eigenvalue weighted by Crippen LogP contribution is -2.37. The van der Waals surface area contributed by atoms with Gasteiger partial charge >= 0.3 is 0 Å². The molecule has 1 amide bonds. The van der Waals surface area contributed by atoms with Crippen molar-refractivity contribution in [3.63, 3.8) is 0 Å². The third-order valence-corrected chi connectivity index (χ3v) is 5.23. The van der Waals surface area contributed by atoms with Crippen molar-refractivity contribution in [3.8, 4) is 0 Å². The van der Waals surface area contributed by atoms with Crippen molar-refractivity contribution >= 4 is 18.6 Å². The first-order chi connectivity index (χ1) is 14.3. The maximum absolute atomic E-state index is 13.4. The van der Waals surface area contributed by atoms with Crippen molar-refractivity contribution in [2.24, 2.45) is 11.0 Å². The molecule has 0 radical (unpaired) electrons. The lowest BCUT2D eigenvalue weighted by atomic mass is 9.98. The molecule has 0 bridgehead atoms. The highest BCUT2D eigenvalue weighted by Gasteiger charge is 2.26. The van der Waals surface area contributed by atoms with E-state index in [0.29, 0.717) is 36.5 Å². The maximum Gasteiger partial charge on any atom is 0.252 e. The Labute approximate surface area is 177 Å². The summed E-state index contributed by atoms with van der Waals surface area (Å²) in [6.45, 7) is 12.6. The molecule has 1 N–H and O–H groups in total. The summed E-state index contributed by atoms with van der Waals surface area (Å²) in [5.74, 6) is 0.496. The predicted molar refractivity (Wildman–Crippen MR) is 119 cm³/mol. The van der Waals surface area contributed by atoms with Crippen molar-refractivity contribution in [1.82, 2.24) is 14.9 Å². The van der Waals surface area contributed by atoms with E-state index in [4.69, 9.17) is 0 Å². The lowest BCUT2D eigenvalue weighted by Gasteiger charge is -2.31. The van der Waals surface area contributed by atoms with Crippen LogP contribution in [0.3, 0.4) is 0 Å². The molecule has 0 saturated carbocycles. The second-order valence-electron chi connectivity index (χ2n) is 8.08. The van der Waals surface area contributed by atoms with Gasteiger partial charge in [0.25, 0.3) is 11.5 Å². The number of fused-ring (bicyclic) bond motifs is 1. The Kier molecular flexibility index (Phi) is 6.50. The molecule has 1 aliphatic heterocycles. The summed E-state index contributed by atoms with van der Waals surface area (Å²) >= 11 is 0. The molecule has 0 aliphatic carbocycles. The van der Waals surface area contributed by atoms with Crippen LogP contribution in [-0.4, -0.2) is 34.0 Å². The number of aryl methyl sites for hydroxylation is 1. The van der Waals surface area contributed by atoms with Gasteiger partial charge in [-0.2, -0.15) is 5.10 Å². The van der Waals surface area contributed by atoms with E-state index >= 15 is 0 Å². The lowest BCUT2D eigenvalue weighted by molar-refractivity contribution is -0.128. The van der Waals surface area contributed by atoms with Gasteiger partial charge in [0.05, 0.1) is 5.70 Å². The first-order valence-corrected chi connectivity index (χ1v) is 10.2. The largest absolute Gasteiger partial charge is 0.334 e. The summed E-state index contributed by atoms with van der Waals surface area (Å²) in [5.41, 5.74) is 4.05. The fraction of sp³-hybridized carbons (Fsp3) is 0.391. The van der Waals surface area contributed by atoms with Crippen LogP contribution in [0.4, 0.5) is 5.95 Å². The zero-order chi connectivity index (χ0) is 21.8. The summed E-state index contributed by atoms with van der Waals surface area (Å²) in [6, 6.07) is 9.64. The second-order valence-corrected chi connectivity index (χ2v) is 8.08. The van der Waals surface area contributed by atoms with E-state index in [1.165, 1.54) is 22.2 Å². The highest BCUT2D eigenvalue weighted by molar-refractivity contribution is 5.94. The number of hydrogen-bond acceptors (Lipinski definition) is 5. The van der Waals surface area contributed by atoms with Crippen LogP contribution in [0.25, 0.3) is 0 Å². The highest BCUT2D eigenvalue weighted by Crippen LogP contribution is 2.26. The Balaban J connectivity index is 1.98. The zero-order valence-electron chi connectivity index (χ0n) is 18.1. The number of nitrogens with one attached hydrogen (secondary N) is 1. The Morgan fingerprint density at radius 1 is 1.33 bits per heavy atom. The first kappa shape index (κ1) is 21.5. The van der Waals surface area contributed by atoms with Crippen LogP contribution < -0.4 is 10.6 Å². The minimum atomic E-state index is -0.272. The molecular formula is C23H29N5O2. The van der Waals surface area contributed by atoms with E-state index < -0.39 is 0 Å². The Bertz CT molecular complexity index is 1040. The van der Waals surface area contributed by atoms with E-state index in [1.54, 1.807) is 6.92 Å². The number of allylic oxidation sites excluding steroid dienone is 1. The number of carbonyl (C=O) groups excluding carboxylic acids is 1. The predicted octanol–water partition coefficient (Wildman–Crippen LogP) is 3.41. The van der Waals surface area contributed by atoms with Gasteiger partial charge in [0.2, 0.25) is 5.95 Å². The van der Waals surface area contributed by atoms with Gasteiger partial charge in [-0.15, -0.1) is 0 Å². The number of hydrogen-bond donors (Lipinski definition) is 1. The van der Waals surface area contributed by atoms with E-state index in [-0.39, 0.29) is 23.3 Å². The molecule has 1 aromatic heterocycles. The molecular weight excluding hydrogens is 378 g/mol. The van der Waals surface area contributed by atoms with Gasteiger partial charge in [-0.3, -0.25) is 14.6 Å². The minimum Gasteiger partial charge on any atom is -0.334 e. The maximum atomic E-state index is 13.4. The number of aromatic nitrogens is 2. The molecule has 0 saturated heterocycles. The Morgan fingerprint density at radius 3 is 2.67 bits per heavy atom. The fourth-order valence-electron chi connectivity index (χ4n) is 3.76. The van der Waals surface area contributed by atoms with E-state index in [2.05, 4.69) is 47.8 Å². The average Bonchev–Trinajstić information content (AvgIpc) is 2.71. The normalized spacial score (nSPS) is 14.2. The van der Waals surface area contributed by atoms with Crippen LogP contribution in [-0.2, 0) is 17.8 Å². The van der Waals surface area contributed by atoms with Crippen LogP contribution in [0.2, 0.25) is 0 Å². The van der Waals surface area contributed by atoms with Crippen LogP contribution in [0.15, 0.2) is 51.5 Å². The molecule has 1 aromatic carbocycles. The number of benzene rings is 1. The smallest absolute Gasteiger partial charge is 0.252 e. The Morgan fingerprint density at radius 2 is 2.03 bits per heavy atom. The SMILES string of the molecule is C=NN(/C(CC(C)C)=C(\C)C(=O)N1CCc2ccccc2C1)c1nc(C)cc(=O)[nH]1. The minimum absolute atomic E-state index is 0.0381. The van der Waals surface area contributed by atoms with Crippen LogP contribution in [0, 0.1) is 12.8 Å². The van der Waals surface area contributed by atoms with Crippen molar-refractivity contribution in [2.75, 3.05) is 11.6 Å². The summed E-state index contributed by atoms with van der Waals surface area (Å²) in [6.07, 6.45) is 1.43. The van der Waals surface area contributed by atoms with Gasteiger partial charge in [0.15, 0.2) is 0 Å². The molecule has 158 valence electrons. The summed E-state index contributed by atoms with van der Waals surface area (Å²) in [4.78, 5) is 34.3. The standard InChI is InChI=1S/C23H29N5O2/c1-15(2)12-20(28(24-5)23-25-16(3)13-21(29)26-23)17(4)22(30)27-11-10-18-8-6-7-9-19(18)14-27/h6-9,13,15H,5,10-12,14H2,1-4H3,(H,25,26,29)/b20-17+. The average molecular weight is 408 g/mol. The summed E-state index contributed by atoms with van der Waals surface area (Å²) in [7, 11) is 0. The number of rotatable bonds is 6.